The van der Waals surface area contributed by atoms with Gasteiger partial charge in [-0.1, -0.05) is 65.1 Å². The molecule has 0 spiro atoms. The van der Waals surface area contributed by atoms with Crippen LogP contribution in [0.2, 0.25) is 0 Å². The van der Waals surface area contributed by atoms with Gasteiger partial charge in [0.25, 0.3) is 0 Å². The second-order valence-corrected chi connectivity index (χ2v) is 4.29. The molecular formula is C10H11Cl4N. The van der Waals surface area contributed by atoms with Gasteiger partial charge in [0.05, 0.1) is 5.03 Å². The molecule has 84 valence electrons. The first-order valence-corrected chi connectivity index (χ1v) is 5.25. The number of halogens is 4. The van der Waals surface area contributed by atoms with Crippen molar-refractivity contribution in [2.45, 2.75) is 12.5 Å². The molecule has 5 heteroatoms. The van der Waals surface area contributed by atoms with Gasteiger partial charge < -0.3 is 5.73 Å². The summed E-state index contributed by atoms with van der Waals surface area (Å²) in [6.07, 6.45) is 0.452. The van der Waals surface area contributed by atoms with E-state index in [2.05, 4.69) is 0 Å². The number of benzene rings is 1. The molecule has 0 amide bonds. The van der Waals surface area contributed by atoms with Gasteiger partial charge in [-0.25, -0.2) is 0 Å². The molecule has 0 aliphatic rings. The molecule has 1 atom stereocenters. The predicted molar refractivity (Wildman–Crippen MR) is 69.8 cm³/mol. The Bertz CT molecular complexity index is 319. The van der Waals surface area contributed by atoms with Gasteiger partial charge in [-0.05, 0) is 5.56 Å². The van der Waals surface area contributed by atoms with Crippen LogP contribution in [-0.2, 0) is 0 Å². The van der Waals surface area contributed by atoms with Crippen molar-refractivity contribution in [1.82, 2.24) is 0 Å². The summed E-state index contributed by atoms with van der Waals surface area (Å²) in [5, 5.41) is 0.393. The minimum Gasteiger partial charge on any atom is -0.324 e. The van der Waals surface area contributed by atoms with Crippen molar-refractivity contribution in [3.63, 3.8) is 0 Å². The average Bonchev–Trinajstić information content (AvgIpc) is 2.19. The lowest BCUT2D eigenvalue weighted by molar-refractivity contribution is 0.733. The molecule has 1 unspecified atom stereocenters. The Kier molecular flexibility index (Phi) is 7.41. The molecule has 1 nitrogen and oxygen atoms in total. The Labute approximate surface area is 111 Å². The van der Waals surface area contributed by atoms with Gasteiger partial charge in [0, 0.05) is 12.5 Å². The van der Waals surface area contributed by atoms with E-state index >= 15 is 0 Å². The van der Waals surface area contributed by atoms with Crippen molar-refractivity contribution in [2.24, 2.45) is 5.73 Å². The van der Waals surface area contributed by atoms with Crippen LogP contribution in [0, 0.1) is 0 Å². The normalized spacial score (nSPS) is 11.5. The third kappa shape index (κ3) is 5.10. The van der Waals surface area contributed by atoms with E-state index in [0.29, 0.717) is 11.5 Å². The van der Waals surface area contributed by atoms with Crippen LogP contribution in [0.3, 0.4) is 0 Å². The summed E-state index contributed by atoms with van der Waals surface area (Å²) >= 11 is 16.8. The summed E-state index contributed by atoms with van der Waals surface area (Å²) < 4.78 is 0.0815. The molecule has 1 aromatic rings. The van der Waals surface area contributed by atoms with Crippen LogP contribution >= 0.6 is 47.2 Å². The zero-order valence-corrected chi connectivity index (χ0v) is 10.9. The molecule has 0 fully saturated rings. The van der Waals surface area contributed by atoms with E-state index in [-0.39, 0.29) is 22.9 Å². The number of nitrogens with two attached hydrogens (primary N) is 1. The smallest absolute Gasteiger partial charge is 0.121 e. The monoisotopic (exact) mass is 285 g/mol. The van der Waals surface area contributed by atoms with Crippen LogP contribution in [-0.4, -0.2) is 0 Å². The summed E-state index contributed by atoms with van der Waals surface area (Å²) in [5.74, 6) is 0. The second kappa shape index (κ2) is 7.37. The molecule has 1 rings (SSSR count). The summed E-state index contributed by atoms with van der Waals surface area (Å²) in [4.78, 5) is 0. The maximum absolute atomic E-state index is 5.90. The van der Waals surface area contributed by atoms with E-state index < -0.39 is 0 Å². The summed E-state index contributed by atoms with van der Waals surface area (Å²) in [6, 6.07) is 9.50. The van der Waals surface area contributed by atoms with Crippen molar-refractivity contribution in [3.8, 4) is 0 Å². The van der Waals surface area contributed by atoms with Crippen LogP contribution in [0.25, 0.3) is 0 Å². The molecule has 0 aromatic heterocycles. The van der Waals surface area contributed by atoms with Crippen molar-refractivity contribution in [1.29, 1.82) is 0 Å². The fourth-order valence-electron chi connectivity index (χ4n) is 1.09. The Balaban J connectivity index is 0.00000196. The first-order valence-electron chi connectivity index (χ1n) is 4.11. The van der Waals surface area contributed by atoms with Gasteiger partial charge in [0.15, 0.2) is 0 Å². The van der Waals surface area contributed by atoms with Gasteiger partial charge >= 0.3 is 0 Å². The Morgan fingerprint density at radius 1 is 1.13 bits per heavy atom. The highest BCUT2D eigenvalue weighted by atomic mass is 35.5. The molecule has 15 heavy (non-hydrogen) atoms. The van der Waals surface area contributed by atoms with E-state index in [0.717, 1.165) is 5.56 Å². The van der Waals surface area contributed by atoms with Crippen molar-refractivity contribution in [2.75, 3.05) is 0 Å². The number of hydrogen-bond acceptors (Lipinski definition) is 1. The maximum atomic E-state index is 5.90. The van der Waals surface area contributed by atoms with Crippen molar-refractivity contribution >= 4 is 47.2 Å². The van der Waals surface area contributed by atoms with Gasteiger partial charge in [0.2, 0.25) is 0 Å². The summed E-state index contributed by atoms with van der Waals surface area (Å²) in [5.41, 5.74) is 6.91. The Morgan fingerprint density at radius 3 is 2.13 bits per heavy atom. The predicted octanol–water partition coefficient (Wildman–Crippen LogP) is 4.38. The quantitative estimate of drug-likeness (QED) is 0.877. The fourth-order valence-corrected chi connectivity index (χ4v) is 1.41. The third-order valence-corrected chi connectivity index (χ3v) is 2.82. The van der Waals surface area contributed by atoms with E-state index in [4.69, 9.17) is 40.5 Å². The first kappa shape index (κ1) is 15.1. The van der Waals surface area contributed by atoms with Crippen LogP contribution in [0.15, 0.2) is 39.9 Å². The fraction of sp³-hybridized carbons (Fsp3) is 0.200. The molecule has 0 saturated carbocycles. The van der Waals surface area contributed by atoms with Gasteiger partial charge in [-0.2, -0.15) is 0 Å². The molecule has 0 heterocycles. The SMILES string of the molecule is Cl.NC(CC(Cl)=C(Cl)Cl)c1ccccc1. The standard InChI is InChI=1S/C10H10Cl3N.ClH/c11-8(10(12)13)6-9(14)7-4-2-1-3-5-7;/h1-5,9H,6,14H2;1H. The number of rotatable bonds is 3. The minimum absolute atomic E-state index is 0. The maximum Gasteiger partial charge on any atom is 0.121 e. The van der Waals surface area contributed by atoms with Crippen LogP contribution in [0.4, 0.5) is 0 Å². The van der Waals surface area contributed by atoms with Gasteiger partial charge in [0.1, 0.15) is 4.49 Å². The number of hydrogen-bond donors (Lipinski definition) is 1. The minimum atomic E-state index is -0.170. The highest BCUT2D eigenvalue weighted by Gasteiger charge is 2.09. The molecule has 0 saturated heterocycles. The van der Waals surface area contributed by atoms with E-state index in [9.17, 15) is 0 Å². The Hall–Kier alpha value is 0.0800. The highest BCUT2D eigenvalue weighted by Crippen LogP contribution is 2.26. The van der Waals surface area contributed by atoms with E-state index in [1.165, 1.54) is 0 Å². The van der Waals surface area contributed by atoms with Gasteiger partial charge in [-0.3, -0.25) is 0 Å². The zero-order valence-electron chi connectivity index (χ0n) is 7.79. The molecular weight excluding hydrogens is 276 g/mol. The van der Waals surface area contributed by atoms with Crippen LogP contribution in [0.5, 0.6) is 0 Å². The lowest BCUT2D eigenvalue weighted by Crippen LogP contribution is -2.09. The molecule has 0 radical (unpaired) electrons. The average molecular weight is 287 g/mol. The molecule has 0 bridgehead atoms. The largest absolute Gasteiger partial charge is 0.324 e. The van der Waals surface area contributed by atoms with Crippen LogP contribution in [0.1, 0.15) is 18.0 Å². The van der Waals surface area contributed by atoms with Crippen LogP contribution < -0.4 is 5.73 Å². The molecule has 0 aliphatic carbocycles. The van der Waals surface area contributed by atoms with Gasteiger partial charge in [-0.15, -0.1) is 12.4 Å². The highest BCUT2D eigenvalue weighted by molar-refractivity contribution is 6.59. The lowest BCUT2D eigenvalue weighted by atomic mass is 10.1. The second-order valence-electron chi connectivity index (χ2n) is 2.89. The third-order valence-electron chi connectivity index (χ3n) is 1.83. The van der Waals surface area contributed by atoms with E-state index in [1.807, 2.05) is 30.3 Å². The molecule has 1 aromatic carbocycles. The Morgan fingerprint density at radius 2 is 1.67 bits per heavy atom. The summed E-state index contributed by atoms with van der Waals surface area (Å²) in [6.45, 7) is 0. The van der Waals surface area contributed by atoms with Crippen molar-refractivity contribution < 1.29 is 0 Å². The molecule has 0 aliphatic heterocycles. The van der Waals surface area contributed by atoms with E-state index in [1.54, 1.807) is 0 Å². The van der Waals surface area contributed by atoms with Crippen molar-refractivity contribution in [3.05, 3.63) is 45.4 Å². The zero-order chi connectivity index (χ0) is 10.6. The lowest BCUT2D eigenvalue weighted by Gasteiger charge is -2.10. The topological polar surface area (TPSA) is 26.0 Å². The molecule has 2 N–H and O–H groups in total. The first-order chi connectivity index (χ1) is 6.61. The summed E-state index contributed by atoms with van der Waals surface area (Å²) in [7, 11) is 0.